The number of morpholine rings is 1. The smallest absolute Gasteiger partial charge is 0.213 e. The molecule has 0 amide bonds. The first-order valence-corrected chi connectivity index (χ1v) is 11.1. The molecule has 1 atom stereocenters. The number of nitrogens with one attached hydrogen (secondary N) is 2. The van der Waals surface area contributed by atoms with Crippen molar-refractivity contribution in [2.75, 3.05) is 46.0 Å². The highest BCUT2D eigenvalue weighted by Crippen LogP contribution is 2.29. The number of aliphatic imine (C=N–C) groups is 1. The van der Waals surface area contributed by atoms with Gasteiger partial charge in [0.2, 0.25) is 5.88 Å². The second-order valence-corrected chi connectivity index (χ2v) is 8.29. The third-order valence-corrected chi connectivity index (χ3v) is 5.49. The zero-order chi connectivity index (χ0) is 20.5. The van der Waals surface area contributed by atoms with Crippen molar-refractivity contribution in [3.63, 3.8) is 0 Å². The van der Waals surface area contributed by atoms with E-state index in [-0.39, 0.29) is 24.0 Å². The van der Waals surface area contributed by atoms with Crippen LogP contribution in [0.1, 0.15) is 39.2 Å². The standard InChI is InChI=1S/C22H37N5O2.HI/c1-4-23-22(26-15-20(17(2)3)27-9-11-28-12-10-27)25-14-19-7-8-21(24-13-19)29-16-18-5-6-18;/h7-8,13,17-18,20H,4-6,9-12,14-16H2,1-3H3,(H2,23,25,26);1H. The second-order valence-electron chi connectivity index (χ2n) is 8.29. The van der Waals surface area contributed by atoms with Gasteiger partial charge in [-0.1, -0.05) is 19.9 Å². The summed E-state index contributed by atoms with van der Waals surface area (Å²) in [6, 6.07) is 4.46. The number of nitrogens with zero attached hydrogens (tertiary/aromatic N) is 3. The molecule has 2 fully saturated rings. The minimum Gasteiger partial charge on any atom is -0.477 e. The van der Waals surface area contributed by atoms with Gasteiger partial charge in [0.1, 0.15) is 0 Å². The van der Waals surface area contributed by atoms with Gasteiger partial charge >= 0.3 is 0 Å². The topological polar surface area (TPSA) is 71.0 Å². The van der Waals surface area contributed by atoms with Crippen LogP contribution in [0, 0.1) is 11.8 Å². The van der Waals surface area contributed by atoms with E-state index in [9.17, 15) is 0 Å². The Kier molecular flexibility index (Phi) is 11.2. The van der Waals surface area contributed by atoms with Gasteiger partial charge in [0.15, 0.2) is 5.96 Å². The Bertz CT molecular complexity index is 631. The third kappa shape index (κ3) is 8.55. The maximum Gasteiger partial charge on any atom is 0.213 e. The van der Waals surface area contributed by atoms with Gasteiger partial charge in [0.05, 0.1) is 26.4 Å². The van der Waals surface area contributed by atoms with Crippen LogP contribution < -0.4 is 15.4 Å². The summed E-state index contributed by atoms with van der Waals surface area (Å²) in [7, 11) is 0. The predicted molar refractivity (Wildman–Crippen MR) is 132 cm³/mol. The molecule has 2 N–H and O–H groups in total. The molecule has 2 aliphatic rings. The van der Waals surface area contributed by atoms with Crippen LogP contribution in [-0.2, 0) is 11.3 Å². The van der Waals surface area contributed by atoms with Gasteiger partial charge in [0, 0.05) is 44.5 Å². The quantitative estimate of drug-likeness (QED) is 0.275. The molecule has 1 saturated heterocycles. The highest BCUT2D eigenvalue weighted by molar-refractivity contribution is 14.0. The van der Waals surface area contributed by atoms with E-state index in [1.807, 2.05) is 18.3 Å². The van der Waals surface area contributed by atoms with Crippen LogP contribution >= 0.6 is 24.0 Å². The number of guanidine groups is 1. The number of ether oxygens (including phenoxy) is 2. The molecular weight excluding hydrogens is 493 g/mol. The van der Waals surface area contributed by atoms with Crippen LogP contribution in [0.4, 0.5) is 0 Å². The summed E-state index contributed by atoms with van der Waals surface area (Å²) in [5.74, 6) is 2.86. The number of hydrogen-bond acceptors (Lipinski definition) is 5. The summed E-state index contributed by atoms with van der Waals surface area (Å²) in [5, 5.41) is 6.88. The maximum absolute atomic E-state index is 5.71. The molecule has 0 bridgehead atoms. The first kappa shape index (κ1) is 25.1. The summed E-state index contributed by atoms with van der Waals surface area (Å²) < 4.78 is 11.2. The molecule has 0 radical (unpaired) electrons. The number of rotatable bonds is 10. The predicted octanol–water partition coefficient (Wildman–Crippen LogP) is 2.90. The van der Waals surface area contributed by atoms with Gasteiger partial charge in [-0.05, 0) is 37.2 Å². The van der Waals surface area contributed by atoms with Crippen LogP contribution in [0.5, 0.6) is 5.88 Å². The molecule has 1 saturated carbocycles. The summed E-state index contributed by atoms with van der Waals surface area (Å²) in [6.07, 6.45) is 4.44. The lowest BCUT2D eigenvalue weighted by Gasteiger charge is -2.37. The van der Waals surface area contributed by atoms with Crippen molar-refractivity contribution in [1.29, 1.82) is 0 Å². The Balaban J connectivity index is 0.00000320. The molecule has 1 aromatic rings. The summed E-state index contributed by atoms with van der Waals surface area (Å²) >= 11 is 0. The highest BCUT2D eigenvalue weighted by Gasteiger charge is 2.24. The van der Waals surface area contributed by atoms with Crippen molar-refractivity contribution in [2.45, 2.75) is 46.2 Å². The summed E-state index contributed by atoms with van der Waals surface area (Å²) in [4.78, 5) is 11.7. The SMILES string of the molecule is CCNC(=NCc1ccc(OCC2CC2)nc1)NCC(C(C)C)N1CCOCC1.I. The molecule has 7 nitrogen and oxygen atoms in total. The Morgan fingerprint density at radius 2 is 2.03 bits per heavy atom. The average molecular weight is 531 g/mol. The first-order valence-electron chi connectivity index (χ1n) is 11.1. The lowest BCUT2D eigenvalue weighted by Crippen LogP contribution is -2.52. The van der Waals surface area contributed by atoms with Gasteiger partial charge in [-0.2, -0.15) is 0 Å². The van der Waals surface area contributed by atoms with Crippen molar-refractivity contribution in [3.8, 4) is 5.88 Å². The number of pyridine rings is 1. The zero-order valence-electron chi connectivity index (χ0n) is 18.6. The fourth-order valence-corrected chi connectivity index (χ4v) is 3.49. The lowest BCUT2D eigenvalue weighted by atomic mass is 10.0. The molecule has 0 spiro atoms. The normalized spacial score (nSPS) is 18.6. The molecule has 170 valence electrons. The molecule has 1 aliphatic carbocycles. The maximum atomic E-state index is 5.71. The van der Waals surface area contributed by atoms with Gasteiger partial charge in [-0.15, -0.1) is 24.0 Å². The lowest BCUT2D eigenvalue weighted by molar-refractivity contribution is 0.00752. The van der Waals surface area contributed by atoms with E-state index in [4.69, 9.17) is 14.5 Å². The van der Waals surface area contributed by atoms with Gasteiger partial charge in [0.25, 0.3) is 0 Å². The molecular formula is C22H38IN5O2. The highest BCUT2D eigenvalue weighted by atomic mass is 127. The second kappa shape index (κ2) is 13.3. The van der Waals surface area contributed by atoms with Crippen LogP contribution in [0.2, 0.25) is 0 Å². The van der Waals surface area contributed by atoms with Crippen LogP contribution in [0.25, 0.3) is 0 Å². The monoisotopic (exact) mass is 531 g/mol. The van der Waals surface area contributed by atoms with Gasteiger partial charge < -0.3 is 20.1 Å². The van der Waals surface area contributed by atoms with E-state index in [0.29, 0.717) is 24.4 Å². The van der Waals surface area contributed by atoms with Gasteiger partial charge in [-0.25, -0.2) is 9.98 Å². The molecule has 30 heavy (non-hydrogen) atoms. The molecule has 1 unspecified atom stereocenters. The molecule has 2 heterocycles. The first-order chi connectivity index (χ1) is 14.2. The number of halogens is 1. The average Bonchev–Trinajstić information content (AvgIpc) is 3.56. The van der Waals surface area contributed by atoms with E-state index >= 15 is 0 Å². The minimum absolute atomic E-state index is 0. The minimum atomic E-state index is 0. The number of hydrogen-bond donors (Lipinski definition) is 2. The molecule has 8 heteroatoms. The zero-order valence-corrected chi connectivity index (χ0v) is 20.9. The van der Waals surface area contributed by atoms with Crippen LogP contribution in [-0.4, -0.2) is 67.9 Å². The summed E-state index contributed by atoms with van der Waals surface area (Å²) in [5.41, 5.74) is 1.08. The molecule has 1 aromatic heterocycles. The van der Waals surface area contributed by atoms with Crippen molar-refractivity contribution >= 4 is 29.9 Å². The van der Waals surface area contributed by atoms with E-state index in [0.717, 1.165) is 63.4 Å². The number of aromatic nitrogens is 1. The van der Waals surface area contributed by atoms with Crippen molar-refractivity contribution < 1.29 is 9.47 Å². The molecule has 3 rings (SSSR count). The third-order valence-electron chi connectivity index (χ3n) is 5.49. The van der Waals surface area contributed by atoms with Crippen LogP contribution in [0.3, 0.4) is 0 Å². The fraction of sp³-hybridized carbons (Fsp3) is 0.727. The fourth-order valence-electron chi connectivity index (χ4n) is 3.49. The Morgan fingerprint density at radius 3 is 2.63 bits per heavy atom. The van der Waals surface area contributed by atoms with Crippen molar-refractivity contribution in [1.82, 2.24) is 20.5 Å². The van der Waals surface area contributed by atoms with Crippen molar-refractivity contribution in [3.05, 3.63) is 23.9 Å². The van der Waals surface area contributed by atoms with E-state index in [1.165, 1.54) is 12.8 Å². The van der Waals surface area contributed by atoms with Crippen LogP contribution in [0.15, 0.2) is 23.3 Å². The Hall–Kier alpha value is -1.13. The largest absolute Gasteiger partial charge is 0.477 e. The molecule has 1 aliphatic heterocycles. The van der Waals surface area contributed by atoms with Gasteiger partial charge in [-0.3, -0.25) is 4.90 Å². The van der Waals surface area contributed by atoms with E-state index < -0.39 is 0 Å². The molecule has 0 aromatic carbocycles. The Morgan fingerprint density at radius 1 is 1.27 bits per heavy atom. The van der Waals surface area contributed by atoms with Crippen molar-refractivity contribution in [2.24, 2.45) is 16.8 Å². The summed E-state index contributed by atoms with van der Waals surface area (Å²) in [6.45, 7) is 13.4. The van der Waals surface area contributed by atoms with E-state index in [1.54, 1.807) is 0 Å². The Labute approximate surface area is 198 Å². The van der Waals surface area contributed by atoms with E-state index in [2.05, 4.69) is 41.3 Å².